The maximum atomic E-state index is 13.5. The van der Waals surface area contributed by atoms with Gasteiger partial charge in [0.2, 0.25) is 0 Å². The molecule has 0 aliphatic rings. The molecule has 1 nitrogen and oxygen atoms in total. The van der Waals surface area contributed by atoms with Gasteiger partial charge in [-0.05, 0) is 38.8 Å². The summed E-state index contributed by atoms with van der Waals surface area (Å²) in [5.74, 6) is 0.747. The third-order valence-corrected chi connectivity index (χ3v) is 3.00. The van der Waals surface area contributed by atoms with Crippen LogP contribution in [-0.4, -0.2) is 24.2 Å². The van der Waals surface area contributed by atoms with Crippen molar-refractivity contribution in [2.45, 2.75) is 19.4 Å². The summed E-state index contributed by atoms with van der Waals surface area (Å²) >= 11 is 4.17. The molecule has 0 aliphatic carbocycles. The van der Waals surface area contributed by atoms with Crippen LogP contribution in [0.1, 0.15) is 24.9 Å². The van der Waals surface area contributed by atoms with E-state index in [9.17, 15) is 4.39 Å². The molecule has 0 radical (unpaired) electrons. The molecular weight excluding hydrogens is 209 g/mol. The molecular formula is C12H18FNS. The van der Waals surface area contributed by atoms with Crippen LogP contribution in [0.4, 0.5) is 4.39 Å². The molecule has 0 fully saturated rings. The van der Waals surface area contributed by atoms with E-state index in [4.69, 9.17) is 0 Å². The molecule has 1 aromatic carbocycles. The Kier molecular flexibility index (Phi) is 5.12. The van der Waals surface area contributed by atoms with Gasteiger partial charge >= 0.3 is 0 Å². The fraction of sp³-hybridized carbons (Fsp3) is 0.500. The summed E-state index contributed by atoms with van der Waals surface area (Å²) in [6, 6.07) is 7.07. The number of hydrogen-bond donors (Lipinski definition) is 1. The molecule has 0 saturated heterocycles. The first kappa shape index (κ1) is 12.5. The lowest BCUT2D eigenvalue weighted by molar-refractivity contribution is 0.257. The third kappa shape index (κ3) is 3.50. The average molecular weight is 227 g/mol. The van der Waals surface area contributed by atoms with Crippen LogP contribution in [0.15, 0.2) is 24.3 Å². The van der Waals surface area contributed by atoms with Gasteiger partial charge in [0.05, 0.1) is 0 Å². The average Bonchev–Trinajstić information content (AvgIpc) is 2.25. The van der Waals surface area contributed by atoms with Gasteiger partial charge in [-0.2, -0.15) is 12.6 Å². The SMILES string of the molecule is CC(c1ccccc1F)N(C)CCCS. The molecule has 0 bridgehead atoms. The number of benzene rings is 1. The molecule has 1 unspecified atom stereocenters. The number of hydrogen-bond acceptors (Lipinski definition) is 2. The summed E-state index contributed by atoms with van der Waals surface area (Å²) in [4.78, 5) is 2.15. The minimum absolute atomic E-state index is 0.117. The Morgan fingerprint density at radius 2 is 2.07 bits per heavy atom. The van der Waals surface area contributed by atoms with Crippen LogP contribution >= 0.6 is 12.6 Å². The van der Waals surface area contributed by atoms with Gasteiger partial charge in [0.1, 0.15) is 5.82 Å². The Labute approximate surface area is 96.7 Å². The summed E-state index contributed by atoms with van der Waals surface area (Å²) < 4.78 is 13.5. The molecule has 0 heterocycles. The van der Waals surface area contributed by atoms with Crippen LogP contribution in [-0.2, 0) is 0 Å². The quantitative estimate of drug-likeness (QED) is 0.756. The fourth-order valence-corrected chi connectivity index (χ4v) is 1.71. The van der Waals surface area contributed by atoms with Crippen molar-refractivity contribution < 1.29 is 4.39 Å². The molecule has 1 rings (SSSR count). The Bertz CT molecular complexity index is 303. The van der Waals surface area contributed by atoms with E-state index >= 15 is 0 Å². The van der Waals surface area contributed by atoms with Gasteiger partial charge in [-0.15, -0.1) is 0 Å². The molecule has 0 saturated carbocycles. The van der Waals surface area contributed by atoms with Crippen molar-refractivity contribution >= 4 is 12.6 Å². The predicted octanol–water partition coefficient (Wildman–Crippen LogP) is 3.14. The molecule has 1 aromatic rings. The highest BCUT2D eigenvalue weighted by Crippen LogP contribution is 2.21. The lowest BCUT2D eigenvalue weighted by Gasteiger charge is -2.25. The van der Waals surface area contributed by atoms with E-state index in [0.29, 0.717) is 0 Å². The first-order valence-corrected chi connectivity index (χ1v) is 5.85. The lowest BCUT2D eigenvalue weighted by atomic mass is 10.1. The Hall–Kier alpha value is -0.540. The standard InChI is InChI=1S/C12H18FNS/c1-10(14(2)8-5-9-15)11-6-3-4-7-12(11)13/h3-4,6-7,10,15H,5,8-9H2,1-2H3. The molecule has 84 valence electrons. The summed E-state index contributed by atoms with van der Waals surface area (Å²) in [6.45, 7) is 2.97. The van der Waals surface area contributed by atoms with Crippen molar-refractivity contribution in [3.63, 3.8) is 0 Å². The number of rotatable bonds is 5. The van der Waals surface area contributed by atoms with E-state index in [-0.39, 0.29) is 11.9 Å². The number of nitrogens with zero attached hydrogens (tertiary/aromatic N) is 1. The minimum atomic E-state index is -0.122. The second-order valence-electron chi connectivity index (χ2n) is 3.76. The molecule has 1 atom stereocenters. The van der Waals surface area contributed by atoms with Gasteiger partial charge in [0.25, 0.3) is 0 Å². The Morgan fingerprint density at radius 3 is 2.67 bits per heavy atom. The van der Waals surface area contributed by atoms with E-state index in [1.807, 2.05) is 26.1 Å². The van der Waals surface area contributed by atoms with E-state index in [0.717, 1.165) is 24.3 Å². The van der Waals surface area contributed by atoms with Crippen molar-refractivity contribution in [1.82, 2.24) is 4.90 Å². The van der Waals surface area contributed by atoms with Crippen molar-refractivity contribution in [2.75, 3.05) is 19.3 Å². The molecule has 0 spiro atoms. The normalized spacial score (nSPS) is 13.1. The summed E-state index contributed by atoms with van der Waals surface area (Å²) in [6.07, 6.45) is 1.03. The second-order valence-corrected chi connectivity index (χ2v) is 4.20. The van der Waals surface area contributed by atoms with E-state index in [2.05, 4.69) is 17.5 Å². The van der Waals surface area contributed by atoms with Crippen molar-refractivity contribution in [1.29, 1.82) is 0 Å². The smallest absolute Gasteiger partial charge is 0.127 e. The third-order valence-electron chi connectivity index (χ3n) is 2.69. The maximum absolute atomic E-state index is 13.5. The van der Waals surface area contributed by atoms with Crippen LogP contribution in [0, 0.1) is 5.82 Å². The zero-order valence-corrected chi connectivity index (χ0v) is 10.2. The van der Waals surface area contributed by atoms with Gasteiger partial charge < -0.3 is 0 Å². The van der Waals surface area contributed by atoms with Crippen LogP contribution in [0.25, 0.3) is 0 Å². The van der Waals surface area contributed by atoms with Crippen molar-refractivity contribution in [3.05, 3.63) is 35.6 Å². The molecule has 0 N–H and O–H groups in total. The Morgan fingerprint density at radius 1 is 1.40 bits per heavy atom. The van der Waals surface area contributed by atoms with E-state index in [1.54, 1.807) is 6.07 Å². The highest BCUT2D eigenvalue weighted by atomic mass is 32.1. The largest absolute Gasteiger partial charge is 0.300 e. The predicted molar refractivity (Wildman–Crippen MR) is 65.9 cm³/mol. The van der Waals surface area contributed by atoms with E-state index < -0.39 is 0 Å². The van der Waals surface area contributed by atoms with Crippen LogP contribution in [0.2, 0.25) is 0 Å². The molecule has 15 heavy (non-hydrogen) atoms. The topological polar surface area (TPSA) is 3.24 Å². The molecule has 0 aromatic heterocycles. The van der Waals surface area contributed by atoms with Gasteiger partial charge in [-0.25, -0.2) is 4.39 Å². The highest BCUT2D eigenvalue weighted by Gasteiger charge is 2.14. The molecule has 0 amide bonds. The van der Waals surface area contributed by atoms with E-state index in [1.165, 1.54) is 6.07 Å². The number of thiol groups is 1. The summed E-state index contributed by atoms with van der Waals surface area (Å²) in [7, 11) is 2.01. The second kappa shape index (κ2) is 6.13. The fourth-order valence-electron chi connectivity index (χ4n) is 1.57. The summed E-state index contributed by atoms with van der Waals surface area (Å²) in [5.41, 5.74) is 0.763. The zero-order chi connectivity index (χ0) is 11.3. The monoisotopic (exact) mass is 227 g/mol. The van der Waals surface area contributed by atoms with Gasteiger partial charge in [0, 0.05) is 11.6 Å². The first-order valence-electron chi connectivity index (χ1n) is 5.22. The van der Waals surface area contributed by atoms with Gasteiger partial charge in [0.15, 0.2) is 0 Å². The van der Waals surface area contributed by atoms with Gasteiger partial charge in [-0.3, -0.25) is 4.90 Å². The van der Waals surface area contributed by atoms with Crippen LogP contribution < -0.4 is 0 Å². The minimum Gasteiger partial charge on any atom is -0.300 e. The maximum Gasteiger partial charge on any atom is 0.127 e. The molecule has 0 aliphatic heterocycles. The van der Waals surface area contributed by atoms with Gasteiger partial charge in [-0.1, -0.05) is 18.2 Å². The van der Waals surface area contributed by atoms with Crippen LogP contribution in [0.3, 0.4) is 0 Å². The Balaban J connectivity index is 2.67. The number of halogens is 1. The first-order chi connectivity index (χ1) is 7.16. The molecule has 3 heteroatoms. The lowest BCUT2D eigenvalue weighted by Crippen LogP contribution is -2.24. The highest BCUT2D eigenvalue weighted by molar-refractivity contribution is 7.80. The van der Waals surface area contributed by atoms with Crippen molar-refractivity contribution in [3.8, 4) is 0 Å². The van der Waals surface area contributed by atoms with Crippen molar-refractivity contribution in [2.24, 2.45) is 0 Å². The zero-order valence-electron chi connectivity index (χ0n) is 9.28. The summed E-state index contributed by atoms with van der Waals surface area (Å²) in [5, 5.41) is 0. The van der Waals surface area contributed by atoms with Crippen LogP contribution in [0.5, 0.6) is 0 Å².